The maximum Gasteiger partial charge on any atom is 0.319 e. The van der Waals surface area contributed by atoms with Crippen LogP contribution in [0.25, 0.3) is 0 Å². The summed E-state index contributed by atoms with van der Waals surface area (Å²) in [5.41, 5.74) is 2.00. The van der Waals surface area contributed by atoms with E-state index in [0.717, 1.165) is 11.3 Å². The van der Waals surface area contributed by atoms with Gasteiger partial charge in [0, 0.05) is 17.8 Å². The van der Waals surface area contributed by atoms with Gasteiger partial charge in [0.05, 0.1) is 0 Å². The van der Waals surface area contributed by atoms with Gasteiger partial charge in [-0.05, 0) is 57.4 Å². The summed E-state index contributed by atoms with van der Waals surface area (Å²) in [6.07, 6.45) is 3.76. The van der Waals surface area contributed by atoms with Crippen LogP contribution in [0.3, 0.4) is 0 Å². The van der Waals surface area contributed by atoms with Crippen LogP contribution in [0.2, 0.25) is 0 Å². The molecule has 110 valence electrons. The van der Waals surface area contributed by atoms with Gasteiger partial charge in [-0.2, -0.15) is 0 Å². The van der Waals surface area contributed by atoms with Gasteiger partial charge in [0.15, 0.2) is 0 Å². The Balaban J connectivity index is 1.90. The van der Waals surface area contributed by atoms with Gasteiger partial charge in [0.25, 0.3) is 0 Å². The molecule has 20 heavy (non-hydrogen) atoms. The molecule has 3 N–H and O–H groups in total. The first-order valence-electron chi connectivity index (χ1n) is 7.45. The minimum atomic E-state index is -0.112. The second-order valence-corrected chi connectivity index (χ2v) is 5.71. The smallest absolute Gasteiger partial charge is 0.319 e. The first-order chi connectivity index (χ1) is 9.60. The van der Waals surface area contributed by atoms with Crippen LogP contribution in [-0.4, -0.2) is 19.1 Å². The van der Waals surface area contributed by atoms with E-state index in [1.54, 1.807) is 0 Å². The molecule has 1 saturated carbocycles. The molecule has 2 rings (SSSR count). The number of urea groups is 1. The second-order valence-electron chi connectivity index (χ2n) is 5.71. The minimum absolute atomic E-state index is 0.112. The maximum absolute atomic E-state index is 12.0. The van der Waals surface area contributed by atoms with Crippen LogP contribution in [-0.2, 0) is 0 Å². The van der Waals surface area contributed by atoms with Crippen molar-refractivity contribution in [1.82, 2.24) is 10.6 Å². The van der Waals surface area contributed by atoms with Crippen LogP contribution in [0, 0.1) is 5.92 Å². The van der Waals surface area contributed by atoms with E-state index in [1.165, 1.54) is 19.3 Å². The molecule has 1 fully saturated rings. The summed E-state index contributed by atoms with van der Waals surface area (Å²) in [7, 11) is 1.93. The fourth-order valence-corrected chi connectivity index (χ4v) is 2.48. The Morgan fingerprint density at radius 3 is 2.65 bits per heavy atom. The van der Waals surface area contributed by atoms with E-state index in [4.69, 9.17) is 0 Å². The number of nitrogens with one attached hydrogen (secondary N) is 3. The number of hydrogen-bond acceptors (Lipinski definition) is 2. The quantitative estimate of drug-likeness (QED) is 0.772. The van der Waals surface area contributed by atoms with Gasteiger partial charge < -0.3 is 16.0 Å². The molecule has 2 atom stereocenters. The Labute approximate surface area is 121 Å². The SMILES string of the molecule is CNC(C)c1cccc(NC(=O)NC(C)C2CCC2)c1. The van der Waals surface area contributed by atoms with Gasteiger partial charge in [-0.25, -0.2) is 4.79 Å². The van der Waals surface area contributed by atoms with Crippen LogP contribution < -0.4 is 16.0 Å². The van der Waals surface area contributed by atoms with Crippen molar-refractivity contribution in [2.45, 2.75) is 45.2 Å². The van der Waals surface area contributed by atoms with E-state index in [-0.39, 0.29) is 18.1 Å². The molecular formula is C16H25N3O. The van der Waals surface area contributed by atoms with Crippen molar-refractivity contribution in [3.63, 3.8) is 0 Å². The first kappa shape index (κ1) is 14.9. The topological polar surface area (TPSA) is 53.2 Å². The number of carbonyl (C=O) groups is 1. The summed E-state index contributed by atoms with van der Waals surface area (Å²) in [5.74, 6) is 0.649. The number of hydrogen-bond donors (Lipinski definition) is 3. The Morgan fingerprint density at radius 1 is 1.30 bits per heavy atom. The monoisotopic (exact) mass is 275 g/mol. The zero-order valence-electron chi connectivity index (χ0n) is 12.6. The molecule has 1 aromatic carbocycles. The van der Waals surface area contributed by atoms with Gasteiger partial charge >= 0.3 is 6.03 Å². The van der Waals surface area contributed by atoms with Crippen molar-refractivity contribution < 1.29 is 4.79 Å². The lowest BCUT2D eigenvalue weighted by molar-refractivity contribution is 0.222. The Bertz CT molecular complexity index is 457. The Morgan fingerprint density at radius 2 is 2.05 bits per heavy atom. The molecule has 0 aromatic heterocycles. The Kier molecular flexibility index (Phi) is 5.01. The van der Waals surface area contributed by atoms with Gasteiger partial charge in [0.1, 0.15) is 0 Å². The third kappa shape index (κ3) is 3.73. The molecule has 4 nitrogen and oxygen atoms in total. The lowest BCUT2D eigenvalue weighted by Crippen LogP contribution is -2.42. The highest BCUT2D eigenvalue weighted by molar-refractivity contribution is 5.89. The highest BCUT2D eigenvalue weighted by Gasteiger charge is 2.24. The number of amides is 2. The largest absolute Gasteiger partial charge is 0.335 e. The van der Waals surface area contributed by atoms with Gasteiger partial charge in [-0.3, -0.25) is 0 Å². The van der Waals surface area contributed by atoms with Crippen LogP contribution in [0.15, 0.2) is 24.3 Å². The van der Waals surface area contributed by atoms with Gasteiger partial charge in [-0.15, -0.1) is 0 Å². The molecule has 1 aliphatic carbocycles. The molecule has 1 aromatic rings. The standard InChI is InChI=1S/C16H25N3O/c1-11(17-3)14-8-5-9-15(10-14)19-16(20)18-12(2)13-6-4-7-13/h5,8-13,17H,4,6-7H2,1-3H3,(H2,18,19,20). The normalized spacial score (nSPS) is 17.9. The number of benzene rings is 1. The molecule has 2 amide bonds. The average Bonchev–Trinajstić information content (AvgIpc) is 2.35. The lowest BCUT2D eigenvalue weighted by atomic mass is 9.80. The van der Waals surface area contributed by atoms with Crippen molar-refractivity contribution in [1.29, 1.82) is 0 Å². The summed E-state index contributed by atoms with van der Waals surface area (Å²) in [4.78, 5) is 12.0. The van der Waals surface area contributed by atoms with Crippen molar-refractivity contribution in [3.8, 4) is 0 Å². The summed E-state index contributed by atoms with van der Waals surface area (Å²) < 4.78 is 0. The fraction of sp³-hybridized carbons (Fsp3) is 0.562. The molecular weight excluding hydrogens is 250 g/mol. The number of rotatable bonds is 5. The highest BCUT2D eigenvalue weighted by Crippen LogP contribution is 2.29. The maximum atomic E-state index is 12.0. The highest BCUT2D eigenvalue weighted by atomic mass is 16.2. The number of carbonyl (C=O) groups excluding carboxylic acids is 1. The predicted molar refractivity (Wildman–Crippen MR) is 82.9 cm³/mol. The van der Waals surface area contributed by atoms with Gasteiger partial charge in [-0.1, -0.05) is 18.6 Å². The Hall–Kier alpha value is -1.55. The average molecular weight is 275 g/mol. The number of anilines is 1. The second kappa shape index (κ2) is 6.75. The summed E-state index contributed by atoms with van der Waals surface area (Å²) in [5, 5.41) is 9.14. The minimum Gasteiger partial charge on any atom is -0.335 e. The summed E-state index contributed by atoms with van der Waals surface area (Å²) in [6.45, 7) is 4.18. The van der Waals surface area contributed by atoms with Crippen LogP contribution in [0.4, 0.5) is 10.5 Å². The molecule has 2 unspecified atom stereocenters. The van der Waals surface area contributed by atoms with Crippen LogP contribution >= 0.6 is 0 Å². The van der Waals surface area contributed by atoms with E-state index in [1.807, 2.05) is 25.2 Å². The molecule has 0 heterocycles. The molecule has 4 heteroatoms. The third-order valence-electron chi connectivity index (χ3n) is 4.29. The summed E-state index contributed by atoms with van der Waals surface area (Å²) in [6, 6.07) is 8.36. The van der Waals surface area contributed by atoms with E-state index in [0.29, 0.717) is 5.92 Å². The molecule has 0 aliphatic heterocycles. The van der Waals surface area contributed by atoms with Crippen molar-refractivity contribution >= 4 is 11.7 Å². The zero-order valence-corrected chi connectivity index (χ0v) is 12.6. The molecule has 0 saturated heterocycles. The van der Waals surface area contributed by atoms with Gasteiger partial charge in [0.2, 0.25) is 0 Å². The fourth-order valence-electron chi connectivity index (χ4n) is 2.48. The lowest BCUT2D eigenvalue weighted by Gasteiger charge is -2.31. The van der Waals surface area contributed by atoms with Crippen LogP contribution in [0.5, 0.6) is 0 Å². The summed E-state index contributed by atoms with van der Waals surface area (Å²) >= 11 is 0. The molecule has 1 aliphatic rings. The van der Waals surface area contributed by atoms with E-state index in [2.05, 4.69) is 35.9 Å². The van der Waals surface area contributed by atoms with Crippen LogP contribution in [0.1, 0.15) is 44.7 Å². The van der Waals surface area contributed by atoms with E-state index >= 15 is 0 Å². The molecule has 0 bridgehead atoms. The zero-order chi connectivity index (χ0) is 14.5. The van der Waals surface area contributed by atoms with Crippen molar-refractivity contribution in [2.24, 2.45) is 5.92 Å². The molecule has 0 spiro atoms. The third-order valence-corrected chi connectivity index (χ3v) is 4.29. The van der Waals surface area contributed by atoms with E-state index in [9.17, 15) is 4.79 Å². The first-order valence-corrected chi connectivity index (χ1v) is 7.45. The van der Waals surface area contributed by atoms with Crippen molar-refractivity contribution in [3.05, 3.63) is 29.8 Å². The van der Waals surface area contributed by atoms with Crippen molar-refractivity contribution in [2.75, 3.05) is 12.4 Å². The van der Waals surface area contributed by atoms with E-state index < -0.39 is 0 Å². The molecule has 0 radical (unpaired) electrons. The predicted octanol–water partition coefficient (Wildman–Crippen LogP) is 3.28.